The highest BCUT2D eigenvalue weighted by atomic mass is 127. The van der Waals surface area contributed by atoms with E-state index in [0.717, 1.165) is 6.07 Å². The highest BCUT2D eigenvalue weighted by Gasteiger charge is 2.15. The summed E-state index contributed by atoms with van der Waals surface area (Å²) in [5.41, 5.74) is -0.0386. The Balaban J connectivity index is 3.39. The van der Waals surface area contributed by atoms with E-state index in [-0.39, 0.29) is 11.3 Å². The molecule has 0 aromatic heterocycles. The van der Waals surface area contributed by atoms with Crippen molar-refractivity contribution in [2.75, 3.05) is 0 Å². The molecule has 0 bridgehead atoms. The summed E-state index contributed by atoms with van der Waals surface area (Å²) in [7, 11) is 0. The predicted octanol–water partition coefficient (Wildman–Crippen LogP) is 3.14. The number of hydrogen-bond acceptors (Lipinski definition) is 1. The largest absolute Gasteiger partial charge is 0.427 e. The molecule has 0 saturated heterocycles. The van der Waals surface area contributed by atoms with E-state index in [0.29, 0.717) is 0 Å². The monoisotopic (exact) mass is 288 g/mol. The molecule has 1 rings (SSSR count). The van der Waals surface area contributed by atoms with Crippen LogP contribution in [0.1, 0.15) is 5.56 Å². The first-order valence-electron chi connectivity index (χ1n) is 3.00. The molecule has 0 saturated carbocycles. The van der Waals surface area contributed by atoms with Gasteiger partial charge >= 0.3 is 0 Å². The summed E-state index contributed by atoms with van der Waals surface area (Å²) in [6.07, 6.45) is 0. The average Bonchev–Trinajstić information content (AvgIpc) is 2.08. The van der Waals surface area contributed by atoms with Gasteiger partial charge in [0.2, 0.25) is 0 Å². The van der Waals surface area contributed by atoms with Gasteiger partial charge in [0.15, 0.2) is 40.5 Å². The summed E-state index contributed by atoms with van der Waals surface area (Å²) in [5, 5.41) is 0. The summed E-state index contributed by atoms with van der Waals surface area (Å²) in [6.45, 7) is 1.31. The van der Waals surface area contributed by atoms with E-state index < -0.39 is 17.5 Å². The molecule has 0 aliphatic rings. The van der Waals surface area contributed by atoms with Crippen LogP contribution >= 0.6 is 23.0 Å². The molecule has 1 aromatic rings. The fourth-order valence-electron chi connectivity index (χ4n) is 0.744. The summed E-state index contributed by atoms with van der Waals surface area (Å²) in [4.78, 5) is 0. The minimum Gasteiger partial charge on any atom is -0.427 e. The zero-order chi connectivity index (χ0) is 9.30. The van der Waals surface area contributed by atoms with Crippen molar-refractivity contribution < 1.29 is 16.2 Å². The minimum atomic E-state index is -1.47. The van der Waals surface area contributed by atoms with Crippen molar-refractivity contribution in [2.45, 2.75) is 6.92 Å². The van der Waals surface area contributed by atoms with Gasteiger partial charge in [-0.05, 0) is 6.92 Å². The lowest BCUT2D eigenvalue weighted by Gasteiger charge is -2.04. The number of halogens is 4. The van der Waals surface area contributed by atoms with Crippen molar-refractivity contribution in [1.29, 1.82) is 0 Å². The lowest BCUT2D eigenvalue weighted by molar-refractivity contribution is 0.438. The van der Waals surface area contributed by atoms with Crippen LogP contribution in [0.25, 0.3) is 0 Å². The minimum absolute atomic E-state index is 0.00741. The molecule has 0 amide bonds. The Kier molecular flexibility index (Phi) is 2.81. The smallest absolute Gasteiger partial charge is 0.194 e. The van der Waals surface area contributed by atoms with Gasteiger partial charge in [0.25, 0.3) is 0 Å². The first-order chi connectivity index (χ1) is 5.57. The second-order valence-electron chi connectivity index (χ2n) is 2.19. The summed E-state index contributed by atoms with van der Waals surface area (Å²) in [6, 6.07) is 0.806. The van der Waals surface area contributed by atoms with E-state index in [1.165, 1.54) is 29.9 Å². The lowest BCUT2D eigenvalue weighted by Crippen LogP contribution is -1.95. The third-order valence-corrected chi connectivity index (χ3v) is 1.92. The topological polar surface area (TPSA) is 9.23 Å². The maximum Gasteiger partial charge on any atom is 0.194 e. The molecule has 0 radical (unpaired) electrons. The van der Waals surface area contributed by atoms with Gasteiger partial charge in [0, 0.05) is 11.6 Å². The summed E-state index contributed by atoms with van der Waals surface area (Å²) in [5.74, 6) is -3.93. The second kappa shape index (κ2) is 3.51. The van der Waals surface area contributed by atoms with E-state index >= 15 is 0 Å². The van der Waals surface area contributed by atoms with Crippen molar-refractivity contribution in [3.05, 3.63) is 29.1 Å². The molecule has 1 aromatic carbocycles. The van der Waals surface area contributed by atoms with Crippen molar-refractivity contribution in [2.24, 2.45) is 0 Å². The normalized spacial score (nSPS) is 10.1. The van der Waals surface area contributed by atoms with Crippen LogP contribution in [-0.4, -0.2) is 0 Å². The fourth-order valence-corrected chi connectivity index (χ4v) is 1.20. The van der Waals surface area contributed by atoms with Crippen molar-refractivity contribution >= 4 is 23.0 Å². The highest BCUT2D eigenvalue weighted by molar-refractivity contribution is 14.1. The van der Waals surface area contributed by atoms with Gasteiger partial charge in [0.1, 0.15) is 5.75 Å². The van der Waals surface area contributed by atoms with Crippen LogP contribution in [0.3, 0.4) is 0 Å². The third-order valence-electron chi connectivity index (χ3n) is 1.44. The van der Waals surface area contributed by atoms with E-state index in [1.54, 1.807) is 0 Å². The zero-order valence-electron chi connectivity index (χ0n) is 6.00. The first-order valence-corrected chi connectivity index (χ1v) is 3.88. The van der Waals surface area contributed by atoms with Crippen LogP contribution in [0.4, 0.5) is 13.2 Å². The Labute approximate surface area is 81.2 Å². The molecule has 0 fully saturated rings. The Morgan fingerprint density at radius 3 is 2.33 bits per heavy atom. The Morgan fingerprint density at radius 1 is 1.25 bits per heavy atom. The van der Waals surface area contributed by atoms with Crippen molar-refractivity contribution in [3.63, 3.8) is 0 Å². The molecule has 0 spiro atoms. The van der Waals surface area contributed by atoms with E-state index in [2.05, 4.69) is 3.07 Å². The Morgan fingerprint density at radius 2 is 1.83 bits per heavy atom. The van der Waals surface area contributed by atoms with Crippen LogP contribution in [-0.2, 0) is 0 Å². The van der Waals surface area contributed by atoms with E-state index in [9.17, 15) is 13.2 Å². The molecule has 66 valence electrons. The maximum absolute atomic E-state index is 12.7. The number of rotatable bonds is 1. The second-order valence-corrected chi connectivity index (χ2v) is 2.63. The van der Waals surface area contributed by atoms with Gasteiger partial charge in [-0.15, -0.1) is 0 Å². The third kappa shape index (κ3) is 1.50. The summed E-state index contributed by atoms with van der Waals surface area (Å²) < 4.78 is 42.3. The van der Waals surface area contributed by atoms with Gasteiger partial charge < -0.3 is 3.07 Å². The molecule has 0 heterocycles. The van der Waals surface area contributed by atoms with E-state index in [4.69, 9.17) is 0 Å². The molecular weight excluding hydrogens is 284 g/mol. The van der Waals surface area contributed by atoms with Gasteiger partial charge in [-0.3, -0.25) is 0 Å². The standard InChI is InChI=1S/C7H4F3IO/c1-3-5(12-11)2-4(8)7(10)6(3)9/h2H,1H3. The van der Waals surface area contributed by atoms with Crippen molar-refractivity contribution in [3.8, 4) is 5.75 Å². The van der Waals surface area contributed by atoms with Gasteiger partial charge in [-0.25, -0.2) is 13.2 Å². The summed E-state index contributed by atoms with van der Waals surface area (Å²) >= 11 is 1.47. The quantitative estimate of drug-likeness (QED) is 0.570. The average molecular weight is 288 g/mol. The molecule has 1 nitrogen and oxygen atoms in total. The molecule has 12 heavy (non-hydrogen) atoms. The molecule has 0 N–H and O–H groups in total. The molecule has 5 heteroatoms. The van der Waals surface area contributed by atoms with Gasteiger partial charge in [-0.2, -0.15) is 0 Å². The molecule has 0 unspecified atom stereocenters. The Hall–Kier alpha value is -0.460. The van der Waals surface area contributed by atoms with Crippen LogP contribution in [0.2, 0.25) is 0 Å². The van der Waals surface area contributed by atoms with E-state index in [1.807, 2.05) is 0 Å². The maximum atomic E-state index is 12.7. The molecule has 0 aliphatic heterocycles. The van der Waals surface area contributed by atoms with Crippen LogP contribution in [0.5, 0.6) is 5.75 Å². The highest BCUT2D eigenvalue weighted by Crippen LogP contribution is 2.26. The SMILES string of the molecule is Cc1c(OI)cc(F)c(F)c1F. The zero-order valence-corrected chi connectivity index (χ0v) is 8.15. The molecular formula is C7H4F3IO. The lowest BCUT2D eigenvalue weighted by atomic mass is 10.2. The van der Waals surface area contributed by atoms with Crippen LogP contribution < -0.4 is 3.07 Å². The van der Waals surface area contributed by atoms with Gasteiger partial charge in [-0.1, -0.05) is 0 Å². The first kappa shape index (κ1) is 9.63. The predicted molar refractivity (Wildman–Crippen MR) is 45.7 cm³/mol. The number of benzene rings is 1. The van der Waals surface area contributed by atoms with Gasteiger partial charge in [0.05, 0.1) is 0 Å². The Bertz CT molecular complexity index is 314. The van der Waals surface area contributed by atoms with Crippen LogP contribution in [0.15, 0.2) is 6.07 Å². The fraction of sp³-hybridized carbons (Fsp3) is 0.143. The molecule has 0 aliphatic carbocycles. The molecule has 0 atom stereocenters. The van der Waals surface area contributed by atoms with Crippen molar-refractivity contribution in [1.82, 2.24) is 0 Å². The number of hydrogen-bond donors (Lipinski definition) is 0. The van der Waals surface area contributed by atoms with Crippen LogP contribution in [0, 0.1) is 24.4 Å².